The Morgan fingerprint density at radius 1 is 1.29 bits per heavy atom. The summed E-state index contributed by atoms with van der Waals surface area (Å²) in [6.07, 6.45) is 3.08. The van der Waals surface area contributed by atoms with Crippen molar-refractivity contribution in [1.82, 2.24) is 0 Å². The summed E-state index contributed by atoms with van der Waals surface area (Å²) < 4.78 is 22.1. The zero-order valence-corrected chi connectivity index (χ0v) is 13.4. The van der Waals surface area contributed by atoms with E-state index in [1.807, 2.05) is 12.1 Å². The van der Waals surface area contributed by atoms with Gasteiger partial charge in [0.15, 0.2) is 5.78 Å². The molecule has 0 saturated heterocycles. The molecule has 0 bridgehead atoms. The molecule has 0 saturated carbocycles. The molecule has 1 aliphatic carbocycles. The lowest BCUT2D eigenvalue weighted by Crippen LogP contribution is -2.53. The van der Waals surface area contributed by atoms with Gasteiger partial charge in [-0.3, -0.25) is 9.00 Å². The van der Waals surface area contributed by atoms with Crippen molar-refractivity contribution >= 4 is 16.6 Å². The van der Waals surface area contributed by atoms with Gasteiger partial charge in [-0.25, -0.2) is 0 Å². The molecule has 5 nitrogen and oxygen atoms in total. The topological polar surface area (TPSA) is 78.6 Å². The molecule has 2 atom stereocenters. The summed E-state index contributed by atoms with van der Waals surface area (Å²) in [5.41, 5.74) is 7.29. The molecule has 2 rings (SSSR count). The highest BCUT2D eigenvalue weighted by molar-refractivity contribution is 7.85. The zero-order chi connectivity index (χ0) is 15.6. The van der Waals surface area contributed by atoms with Crippen LogP contribution in [0.1, 0.15) is 17.5 Å². The fraction of sp³-hybridized carbons (Fsp3) is 0.533. The number of carbonyl (C=O) groups is 1. The summed E-state index contributed by atoms with van der Waals surface area (Å²) in [7, 11) is 2.04. The van der Waals surface area contributed by atoms with Crippen LogP contribution in [0.3, 0.4) is 0 Å². The second-order valence-corrected chi connectivity index (χ2v) is 6.84. The van der Waals surface area contributed by atoms with Crippen molar-refractivity contribution in [2.24, 2.45) is 5.73 Å². The molecule has 0 fully saturated rings. The van der Waals surface area contributed by atoms with Gasteiger partial charge in [-0.2, -0.15) is 0 Å². The van der Waals surface area contributed by atoms with Crippen molar-refractivity contribution in [3.8, 4) is 11.5 Å². The van der Waals surface area contributed by atoms with Gasteiger partial charge in [-0.05, 0) is 25.0 Å². The molecule has 21 heavy (non-hydrogen) atoms. The standard InChI is InChI=1S/C15H21NO4S/c1-19-12-4-5-13(20-2)11-8-15(16,7-6-10(11)12)14(17)9-21(3)18/h4-5H,6-9,16H2,1-3H3/t15-,21+/m1/s1. The summed E-state index contributed by atoms with van der Waals surface area (Å²) in [6, 6.07) is 3.69. The Kier molecular flexibility index (Phi) is 4.68. The van der Waals surface area contributed by atoms with E-state index in [1.165, 1.54) is 6.26 Å². The molecule has 0 unspecified atom stereocenters. The maximum absolute atomic E-state index is 12.3. The SMILES string of the molecule is COc1ccc(OC)c2c1CC[C@](N)(C(=O)C[S@](C)=O)C2. The van der Waals surface area contributed by atoms with E-state index in [4.69, 9.17) is 15.2 Å². The van der Waals surface area contributed by atoms with Crippen LogP contribution in [0.25, 0.3) is 0 Å². The summed E-state index contributed by atoms with van der Waals surface area (Å²) in [5, 5.41) is 0. The number of nitrogens with two attached hydrogens (primary N) is 1. The summed E-state index contributed by atoms with van der Waals surface area (Å²) in [4.78, 5) is 12.3. The molecular formula is C15H21NO4S. The van der Waals surface area contributed by atoms with E-state index in [1.54, 1.807) is 14.2 Å². The van der Waals surface area contributed by atoms with Crippen molar-refractivity contribution in [3.05, 3.63) is 23.3 Å². The predicted molar refractivity (Wildman–Crippen MR) is 82.4 cm³/mol. The van der Waals surface area contributed by atoms with Crippen LogP contribution in [-0.4, -0.2) is 41.8 Å². The van der Waals surface area contributed by atoms with E-state index in [9.17, 15) is 9.00 Å². The number of rotatable bonds is 5. The number of ether oxygens (including phenoxy) is 2. The number of Topliss-reactive ketones (excluding diaryl/α,β-unsaturated/α-hetero) is 1. The first-order chi connectivity index (χ1) is 9.91. The molecule has 0 amide bonds. The third kappa shape index (κ3) is 3.11. The number of benzene rings is 1. The summed E-state index contributed by atoms with van der Waals surface area (Å²) in [5.74, 6) is 1.35. The first-order valence-electron chi connectivity index (χ1n) is 6.76. The number of methoxy groups -OCH3 is 2. The molecule has 0 aliphatic heterocycles. The van der Waals surface area contributed by atoms with Crippen molar-refractivity contribution in [2.45, 2.75) is 24.8 Å². The average molecular weight is 311 g/mol. The van der Waals surface area contributed by atoms with Crippen LogP contribution in [0.5, 0.6) is 11.5 Å². The quantitative estimate of drug-likeness (QED) is 0.871. The molecule has 0 radical (unpaired) electrons. The Morgan fingerprint density at radius 3 is 2.38 bits per heavy atom. The van der Waals surface area contributed by atoms with Gasteiger partial charge in [0.25, 0.3) is 0 Å². The third-order valence-electron chi connectivity index (χ3n) is 3.99. The largest absolute Gasteiger partial charge is 0.496 e. The normalized spacial score (nSPS) is 22.3. The van der Waals surface area contributed by atoms with Gasteiger partial charge < -0.3 is 15.2 Å². The van der Waals surface area contributed by atoms with Gasteiger partial charge in [0, 0.05) is 34.6 Å². The highest BCUT2D eigenvalue weighted by atomic mass is 32.2. The predicted octanol–water partition coefficient (Wildman–Crippen LogP) is 0.838. The average Bonchev–Trinajstić information content (AvgIpc) is 2.45. The van der Waals surface area contributed by atoms with Crippen LogP contribution in [0.2, 0.25) is 0 Å². The molecule has 6 heteroatoms. The number of carbonyl (C=O) groups excluding carboxylic acids is 1. The Balaban J connectivity index is 2.38. The van der Waals surface area contributed by atoms with Gasteiger partial charge in [0.2, 0.25) is 0 Å². The highest BCUT2D eigenvalue weighted by Gasteiger charge is 2.39. The lowest BCUT2D eigenvalue weighted by atomic mass is 9.76. The van der Waals surface area contributed by atoms with Crippen LogP contribution in [-0.2, 0) is 28.4 Å². The van der Waals surface area contributed by atoms with Gasteiger partial charge in [-0.15, -0.1) is 0 Å². The Morgan fingerprint density at radius 2 is 1.86 bits per heavy atom. The minimum Gasteiger partial charge on any atom is -0.496 e. The van der Waals surface area contributed by atoms with E-state index >= 15 is 0 Å². The molecule has 1 aromatic carbocycles. The fourth-order valence-electron chi connectivity index (χ4n) is 2.82. The molecule has 1 aliphatic rings. The highest BCUT2D eigenvalue weighted by Crippen LogP contribution is 2.38. The first kappa shape index (κ1) is 16.0. The van der Waals surface area contributed by atoms with Gasteiger partial charge in [0.1, 0.15) is 11.5 Å². The van der Waals surface area contributed by atoms with E-state index in [0.717, 1.165) is 16.9 Å². The van der Waals surface area contributed by atoms with E-state index in [0.29, 0.717) is 25.0 Å². The Labute approximate surface area is 127 Å². The van der Waals surface area contributed by atoms with Crippen LogP contribution in [0.4, 0.5) is 0 Å². The maximum Gasteiger partial charge on any atom is 0.165 e. The maximum atomic E-state index is 12.3. The molecule has 0 heterocycles. The Hall–Kier alpha value is -1.40. The van der Waals surface area contributed by atoms with Gasteiger partial charge in [-0.1, -0.05) is 0 Å². The molecule has 116 valence electrons. The summed E-state index contributed by atoms with van der Waals surface area (Å²) in [6.45, 7) is 0. The second kappa shape index (κ2) is 6.15. The van der Waals surface area contributed by atoms with Crippen molar-refractivity contribution < 1.29 is 18.5 Å². The number of hydrogen-bond acceptors (Lipinski definition) is 5. The van der Waals surface area contributed by atoms with E-state index in [2.05, 4.69) is 0 Å². The third-order valence-corrected chi connectivity index (χ3v) is 4.66. The van der Waals surface area contributed by atoms with Gasteiger partial charge in [0.05, 0.1) is 25.5 Å². The molecule has 1 aromatic rings. The lowest BCUT2D eigenvalue weighted by molar-refractivity contribution is -0.122. The zero-order valence-electron chi connectivity index (χ0n) is 12.6. The van der Waals surface area contributed by atoms with E-state index in [-0.39, 0.29) is 11.5 Å². The monoisotopic (exact) mass is 311 g/mol. The molecular weight excluding hydrogens is 290 g/mol. The lowest BCUT2D eigenvalue weighted by Gasteiger charge is -2.34. The number of fused-ring (bicyclic) bond motifs is 1. The smallest absolute Gasteiger partial charge is 0.165 e. The Bertz CT molecular complexity index is 587. The van der Waals surface area contributed by atoms with Gasteiger partial charge >= 0.3 is 0 Å². The number of ketones is 1. The summed E-state index contributed by atoms with van der Waals surface area (Å²) >= 11 is 0. The van der Waals surface area contributed by atoms with Crippen LogP contribution in [0, 0.1) is 0 Å². The van der Waals surface area contributed by atoms with E-state index < -0.39 is 16.3 Å². The van der Waals surface area contributed by atoms with Crippen molar-refractivity contribution in [3.63, 3.8) is 0 Å². The minimum absolute atomic E-state index is 0.00187. The number of hydrogen-bond donors (Lipinski definition) is 1. The molecule has 0 spiro atoms. The minimum atomic E-state index is -1.18. The fourth-order valence-corrected chi connectivity index (χ4v) is 3.48. The second-order valence-electron chi connectivity index (χ2n) is 5.40. The van der Waals surface area contributed by atoms with Crippen LogP contribution in [0.15, 0.2) is 12.1 Å². The first-order valence-corrected chi connectivity index (χ1v) is 8.49. The van der Waals surface area contributed by atoms with Crippen LogP contribution >= 0.6 is 0 Å². The molecule has 0 aromatic heterocycles. The van der Waals surface area contributed by atoms with Crippen LogP contribution < -0.4 is 15.2 Å². The van der Waals surface area contributed by atoms with Crippen molar-refractivity contribution in [2.75, 3.05) is 26.2 Å². The molecule has 2 N–H and O–H groups in total. The van der Waals surface area contributed by atoms with Crippen molar-refractivity contribution in [1.29, 1.82) is 0 Å².